The van der Waals surface area contributed by atoms with Crippen LogP contribution in [0, 0.1) is 13.8 Å². The number of anilines is 1. The van der Waals surface area contributed by atoms with Crippen LogP contribution in [0.5, 0.6) is 0 Å². The lowest BCUT2D eigenvalue weighted by molar-refractivity contribution is -0.131. The van der Waals surface area contributed by atoms with Crippen molar-refractivity contribution in [3.8, 4) is 0 Å². The highest BCUT2D eigenvalue weighted by Gasteiger charge is 2.21. The lowest BCUT2D eigenvalue weighted by atomic mass is 10.2. The molecule has 1 aromatic carbocycles. The number of amides is 1. The third-order valence-electron chi connectivity index (χ3n) is 4.56. The Kier molecular flexibility index (Phi) is 5.71. The maximum absolute atomic E-state index is 12.5. The summed E-state index contributed by atoms with van der Waals surface area (Å²) in [5.41, 5.74) is 3.59. The molecule has 0 aliphatic carbocycles. The molecule has 0 atom stereocenters. The second-order valence-corrected chi connectivity index (χ2v) is 7.68. The van der Waals surface area contributed by atoms with Gasteiger partial charge in [-0.3, -0.25) is 9.69 Å². The summed E-state index contributed by atoms with van der Waals surface area (Å²) in [6.07, 6.45) is 0. The highest BCUT2D eigenvalue weighted by atomic mass is 32.1. The smallest absolute Gasteiger partial charge is 0.236 e. The maximum atomic E-state index is 12.5. The van der Waals surface area contributed by atoms with Crippen LogP contribution in [0.15, 0.2) is 29.6 Å². The molecule has 1 aromatic heterocycles. The van der Waals surface area contributed by atoms with E-state index in [-0.39, 0.29) is 5.91 Å². The Bertz CT molecular complexity index is 722. The fraction of sp³-hybridized carbons (Fsp3) is 0.474. The first kappa shape index (κ1) is 17.9. The molecule has 2 heterocycles. The summed E-state index contributed by atoms with van der Waals surface area (Å²) in [5, 5.41) is 3.02. The van der Waals surface area contributed by atoms with Gasteiger partial charge in [-0.25, -0.2) is 4.98 Å². The van der Waals surface area contributed by atoms with Gasteiger partial charge in [0.15, 0.2) is 0 Å². The number of nitrogens with zero attached hydrogens (tertiary/aromatic N) is 4. The van der Waals surface area contributed by atoms with E-state index in [1.807, 2.05) is 19.4 Å². The first-order chi connectivity index (χ1) is 12.0. The molecule has 5 nitrogen and oxygen atoms in total. The molecule has 1 saturated heterocycles. The number of piperazine rings is 1. The number of likely N-dealkylation sites (N-methyl/N-ethyl adjacent to an activating group) is 1. The minimum atomic E-state index is 0.164. The molecule has 2 aromatic rings. The van der Waals surface area contributed by atoms with E-state index in [2.05, 4.69) is 46.0 Å². The molecule has 1 aliphatic rings. The SMILES string of the molecule is Cc1cccc(N2CCN(CC(=O)N(C)Cc3nc(C)cs3)CC2)c1. The van der Waals surface area contributed by atoms with Gasteiger partial charge in [0.05, 0.1) is 13.1 Å². The van der Waals surface area contributed by atoms with Gasteiger partial charge in [-0.1, -0.05) is 12.1 Å². The Balaban J connectivity index is 1.47. The predicted octanol–water partition coefficient (Wildman–Crippen LogP) is 2.54. The molecule has 6 heteroatoms. The van der Waals surface area contributed by atoms with Crippen LogP contribution in [-0.2, 0) is 11.3 Å². The Hall–Kier alpha value is -1.92. The van der Waals surface area contributed by atoms with E-state index in [4.69, 9.17) is 0 Å². The zero-order valence-corrected chi connectivity index (χ0v) is 16.1. The second kappa shape index (κ2) is 7.97. The van der Waals surface area contributed by atoms with E-state index in [0.29, 0.717) is 13.1 Å². The Morgan fingerprint density at radius 2 is 2.00 bits per heavy atom. The molecule has 0 radical (unpaired) electrons. The van der Waals surface area contributed by atoms with Crippen LogP contribution < -0.4 is 4.90 Å². The zero-order valence-electron chi connectivity index (χ0n) is 15.2. The van der Waals surface area contributed by atoms with Crippen molar-refractivity contribution in [2.75, 3.05) is 44.7 Å². The topological polar surface area (TPSA) is 39.7 Å². The molecule has 1 aliphatic heterocycles. The van der Waals surface area contributed by atoms with Gasteiger partial charge in [-0.15, -0.1) is 11.3 Å². The number of aromatic nitrogens is 1. The van der Waals surface area contributed by atoms with Crippen molar-refractivity contribution in [3.05, 3.63) is 45.9 Å². The van der Waals surface area contributed by atoms with Gasteiger partial charge in [0.25, 0.3) is 0 Å². The fourth-order valence-electron chi connectivity index (χ4n) is 3.07. The monoisotopic (exact) mass is 358 g/mol. The molecule has 1 amide bonds. The molecule has 134 valence electrons. The first-order valence-corrected chi connectivity index (χ1v) is 9.58. The van der Waals surface area contributed by atoms with Gasteiger partial charge >= 0.3 is 0 Å². The predicted molar refractivity (Wildman–Crippen MR) is 103 cm³/mol. The van der Waals surface area contributed by atoms with Gasteiger partial charge in [0.2, 0.25) is 5.91 Å². The molecule has 0 saturated carbocycles. The van der Waals surface area contributed by atoms with E-state index >= 15 is 0 Å². The summed E-state index contributed by atoms with van der Waals surface area (Å²) in [6, 6.07) is 8.62. The normalized spacial score (nSPS) is 15.4. The number of aryl methyl sites for hydroxylation is 2. The second-order valence-electron chi connectivity index (χ2n) is 6.73. The van der Waals surface area contributed by atoms with Gasteiger partial charge in [-0.05, 0) is 31.5 Å². The lowest BCUT2D eigenvalue weighted by Gasteiger charge is -2.36. The highest BCUT2D eigenvalue weighted by Crippen LogP contribution is 2.18. The first-order valence-electron chi connectivity index (χ1n) is 8.70. The van der Waals surface area contributed by atoms with Crippen molar-refractivity contribution in [1.82, 2.24) is 14.8 Å². The number of hydrogen-bond acceptors (Lipinski definition) is 5. The molecule has 0 bridgehead atoms. The molecular weight excluding hydrogens is 332 g/mol. The number of carbonyl (C=O) groups excluding carboxylic acids is 1. The van der Waals surface area contributed by atoms with Gasteiger partial charge < -0.3 is 9.80 Å². The summed E-state index contributed by atoms with van der Waals surface area (Å²) in [5.74, 6) is 0.164. The molecule has 0 N–H and O–H groups in total. The van der Waals surface area contributed by atoms with Crippen LogP contribution >= 0.6 is 11.3 Å². The van der Waals surface area contributed by atoms with E-state index in [1.165, 1.54) is 11.3 Å². The molecular formula is C19H26N4OS. The summed E-state index contributed by atoms with van der Waals surface area (Å²) in [4.78, 5) is 23.3. The number of rotatable bonds is 5. The third-order valence-corrected chi connectivity index (χ3v) is 5.51. The van der Waals surface area contributed by atoms with Crippen LogP contribution in [0.25, 0.3) is 0 Å². The van der Waals surface area contributed by atoms with Crippen LogP contribution in [-0.4, -0.2) is 60.5 Å². The zero-order chi connectivity index (χ0) is 17.8. The van der Waals surface area contributed by atoms with Crippen molar-refractivity contribution in [1.29, 1.82) is 0 Å². The number of benzene rings is 1. The fourth-order valence-corrected chi connectivity index (χ4v) is 3.89. The van der Waals surface area contributed by atoms with Crippen LogP contribution in [0.4, 0.5) is 5.69 Å². The van der Waals surface area contributed by atoms with Crippen LogP contribution in [0.3, 0.4) is 0 Å². The molecule has 1 fully saturated rings. The maximum Gasteiger partial charge on any atom is 0.236 e. The standard InChI is InChI=1S/C19H26N4OS/c1-15-5-4-6-17(11-15)23-9-7-22(8-10-23)13-19(24)21(3)12-18-20-16(2)14-25-18/h4-6,11,14H,7-10,12-13H2,1-3H3. The highest BCUT2D eigenvalue weighted by molar-refractivity contribution is 7.09. The Morgan fingerprint density at radius 3 is 2.64 bits per heavy atom. The van der Waals surface area contributed by atoms with Crippen molar-refractivity contribution < 1.29 is 4.79 Å². The van der Waals surface area contributed by atoms with E-state index in [1.54, 1.807) is 16.2 Å². The van der Waals surface area contributed by atoms with E-state index in [0.717, 1.165) is 36.9 Å². The Morgan fingerprint density at radius 1 is 1.24 bits per heavy atom. The van der Waals surface area contributed by atoms with Crippen molar-refractivity contribution >= 4 is 22.9 Å². The molecule has 0 unspecified atom stereocenters. The quantitative estimate of drug-likeness (QED) is 0.823. The number of thiazole rings is 1. The average molecular weight is 359 g/mol. The van der Waals surface area contributed by atoms with E-state index < -0.39 is 0 Å². The third kappa shape index (κ3) is 4.80. The van der Waals surface area contributed by atoms with Gasteiger partial charge in [0.1, 0.15) is 5.01 Å². The molecule has 25 heavy (non-hydrogen) atoms. The summed E-state index contributed by atoms with van der Waals surface area (Å²) >= 11 is 1.62. The average Bonchev–Trinajstić information content (AvgIpc) is 3.00. The Labute approximate surface area is 153 Å². The number of carbonyl (C=O) groups is 1. The van der Waals surface area contributed by atoms with Crippen molar-refractivity contribution in [3.63, 3.8) is 0 Å². The van der Waals surface area contributed by atoms with E-state index in [9.17, 15) is 4.79 Å². The molecule has 3 rings (SSSR count). The summed E-state index contributed by atoms with van der Waals surface area (Å²) < 4.78 is 0. The minimum absolute atomic E-state index is 0.164. The summed E-state index contributed by atoms with van der Waals surface area (Å²) in [6.45, 7) is 8.96. The minimum Gasteiger partial charge on any atom is -0.369 e. The van der Waals surface area contributed by atoms with Gasteiger partial charge in [0, 0.05) is 50.0 Å². The summed E-state index contributed by atoms with van der Waals surface area (Å²) in [7, 11) is 1.86. The largest absolute Gasteiger partial charge is 0.369 e. The molecule has 0 spiro atoms. The van der Waals surface area contributed by atoms with Gasteiger partial charge in [-0.2, -0.15) is 0 Å². The van der Waals surface area contributed by atoms with Crippen LogP contribution in [0.1, 0.15) is 16.3 Å². The number of hydrogen-bond donors (Lipinski definition) is 0. The lowest BCUT2D eigenvalue weighted by Crippen LogP contribution is -2.49. The van der Waals surface area contributed by atoms with Crippen molar-refractivity contribution in [2.45, 2.75) is 20.4 Å². The van der Waals surface area contributed by atoms with Crippen LogP contribution in [0.2, 0.25) is 0 Å². The van der Waals surface area contributed by atoms with Crippen molar-refractivity contribution in [2.24, 2.45) is 0 Å².